The minimum absolute atomic E-state index is 0.00515. The lowest BCUT2D eigenvalue weighted by Crippen LogP contribution is -2.47. The molecule has 8 aromatic heterocycles. The monoisotopic (exact) mass is 1540 g/mol. The molecule has 0 radical (unpaired) electrons. The largest absolute Gasteiger partial charge is 0.491 e. The Balaban J connectivity index is 0.000000115. The topological polar surface area (TPSA) is 279 Å². The second-order valence-corrected chi connectivity index (χ2v) is 30.5. The summed E-state index contributed by atoms with van der Waals surface area (Å²) in [5.41, 5.74) is 7.57. The maximum absolute atomic E-state index is 14.8. The Morgan fingerprint density at radius 3 is 1.26 bits per heavy atom. The van der Waals surface area contributed by atoms with Gasteiger partial charge in [0.25, 0.3) is 23.6 Å². The van der Waals surface area contributed by atoms with E-state index in [1.165, 1.54) is 35.4 Å². The van der Waals surface area contributed by atoms with Crippen LogP contribution >= 0.6 is 0 Å². The summed E-state index contributed by atoms with van der Waals surface area (Å²) in [6, 6.07) is 37.2. The van der Waals surface area contributed by atoms with Crippen LogP contribution in [0.3, 0.4) is 0 Å². The summed E-state index contributed by atoms with van der Waals surface area (Å²) in [5.74, 6) is 3.17. The normalized spacial score (nSPS) is 22.9. The highest BCUT2D eigenvalue weighted by atomic mass is 19.1. The number of hydrogen-bond donors (Lipinski definition) is 0. The fourth-order valence-corrected chi connectivity index (χ4v) is 17.3. The number of ether oxygens (including phenoxy) is 5. The van der Waals surface area contributed by atoms with Crippen LogP contribution in [0, 0.1) is 69.9 Å². The van der Waals surface area contributed by atoms with Crippen LogP contribution in [0.2, 0.25) is 0 Å². The van der Waals surface area contributed by atoms with Gasteiger partial charge in [0, 0.05) is 98.9 Å². The molecule has 19 rings (SSSR count). The highest BCUT2D eigenvalue weighted by Crippen LogP contribution is 2.45. The molecule has 4 saturated carbocycles. The van der Waals surface area contributed by atoms with E-state index < -0.39 is 11.6 Å². The molecule has 0 N–H and O–H groups in total. The first kappa shape index (κ1) is 75.5. The van der Waals surface area contributed by atoms with E-state index in [0.717, 1.165) is 97.2 Å². The van der Waals surface area contributed by atoms with Gasteiger partial charge in [-0.15, -0.1) is 4.80 Å². The van der Waals surface area contributed by atoms with Gasteiger partial charge in [-0.1, -0.05) is 54.6 Å². The van der Waals surface area contributed by atoms with E-state index in [1.54, 1.807) is 83.6 Å². The molecule has 4 saturated heterocycles. The minimum Gasteiger partial charge on any atom is -0.491 e. The van der Waals surface area contributed by atoms with Crippen LogP contribution in [0.25, 0.3) is 22.8 Å². The third-order valence-electron chi connectivity index (χ3n) is 22.5. The summed E-state index contributed by atoms with van der Waals surface area (Å²) in [6.45, 7) is 15.0. The van der Waals surface area contributed by atoms with Crippen molar-refractivity contribution in [3.8, 4) is 52.0 Å². The zero-order valence-electron chi connectivity index (χ0n) is 64.1. The number of carbonyl (C=O) groups excluding carboxylic acids is 4. The zero-order valence-corrected chi connectivity index (χ0v) is 64.1. The van der Waals surface area contributed by atoms with Crippen molar-refractivity contribution in [1.82, 2.24) is 84.5 Å². The Hall–Kier alpha value is -12.5. The molecule has 12 atom stereocenters. The smallest absolute Gasteiger partial charge is 0.276 e. The van der Waals surface area contributed by atoms with Gasteiger partial charge in [-0.3, -0.25) is 19.2 Å². The maximum Gasteiger partial charge on any atom is 0.276 e. The second-order valence-electron chi connectivity index (χ2n) is 30.5. The number of aryl methyl sites for hydroxylation is 5. The number of rotatable bonds is 17. The van der Waals surface area contributed by atoms with Crippen LogP contribution in [0.5, 0.6) is 29.3 Å². The number of amides is 4. The Labute approximate surface area is 657 Å². The number of benzene rings is 3. The average molecular weight is 1540 g/mol. The molecule has 12 heterocycles. The van der Waals surface area contributed by atoms with Crippen LogP contribution in [0.4, 0.5) is 8.78 Å². The predicted octanol–water partition coefficient (Wildman–Crippen LogP) is 12.3. The Morgan fingerprint density at radius 2 is 0.816 bits per heavy atom. The lowest BCUT2D eigenvalue weighted by atomic mass is 10.0. The van der Waals surface area contributed by atoms with Gasteiger partial charge in [-0.05, 0) is 187 Å². The fourth-order valence-electron chi connectivity index (χ4n) is 17.3. The van der Waals surface area contributed by atoms with Crippen LogP contribution < -0.4 is 23.7 Å². The molecule has 11 aromatic rings. The van der Waals surface area contributed by atoms with Gasteiger partial charge < -0.3 is 43.3 Å². The van der Waals surface area contributed by atoms with Gasteiger partial charge in [0.1, 0.15) is 35.9 Å². The molecule has 4 aliphatic carbocycles. The number of hydrogen-bond acceptors (Lipinski definition) is 20. The highest BCUT2D eigenvalue weighted by Gasteiger charge is 2.53. The minimum atomic E-state index is -0.564. The van der Waals surface area contributed by atoms with Gasteiger partial charge in [0.15, 0.2) is 23.1 Å². The quantitative estimate of drug-likeness (QED) is 0.0819. The molecule has 26 nitrogen and oxygen atoms in total. The summed E-state index contributed by atoms with van der Waals surface area (Å²) in [6.07, 6.45) is 23.5. The first-order valence-corrected chi connectivity index (χ1v) is 38.8. The molecule has 28 heteroatoms. The molecule has 0 spiro atoms. The van der Waals surface area contributed by atoms with E-state index in [4.69, 9.17) is 23.7 Å². The molecule has 3 aromatic carbocycles. The van der Waals surface area contributed by atoms with E-state index in [2.05, 4.69) is 55.3 Å². The summed E-state index contributed by atoms with van der Waals surface area (Å²) >= 11 is 0. The number of pyridine rings is 5. The predicted molar refractivity (Wildman–Crippen MR) is 414 cm³/mol. The third kappa shape index (κ3) is 16.2. The maximum atomic E-state index is 14.8. The summed E-state index contributed by atoms with van der Waals surface area (Å²) < 4.78 is 59.5. The third-order valence-corrected chi connectivity index (χ3v) is 22.5. The van der Waals surface area contributed by atoms with Gasteiger partial charge in [-0.25, -0.2) is 43.7 Å². The number of fused-ring (bicyclic) bond motifs is 8. The van der Waals surface area contributed by atoms with E-state index >= 15 is 0 Å². The standard InChI is InChI=1S/C23H21FN4O2.C21H20FN5O2.C21H21N5O2.C21H25N3O3/c1-14-6-7-20(27-12-14)30-19-11-15-10-18(19)28(13-15)23(29)21-16(4-2-5-17(21)24)22-25-8-3-9-26-22;1-13-5-6-19(23-11-13)29-18-10-14-9-17(18)26(12-14)21(28)15-3-2-4-16(22)20(15)27-24-7-8-25-27;1-14-6-7-20(22-12-14)28-19-11-15-10-18(19)25(13-15)21(27)16-4-2-3-5-17(16)26-23-8-9-24-26;1-4-26-17-7-6-14(3)23-20(17)21(25)24-12-15-9-16(24)18(10-15)27-19-8-5-13(2)11-22-19/h2-9,12,15,18-19H,10-11,13H2,1H3;2-8,11,14,17-18H,9-10,12H2,1H3;2-9,12,15,18-19H,10-11,13H2,1H3;5-8,11,15-16,18H,4,9-10,12H2,1-3H3. The van der Waals surface area contributed by atoms with Crippen molar-refractivity contribution in [2.45, 2.75) is 141 Å². The fraction of sp³-hybridized carbons (Fsp3) is 0.360. The number of carbonyl (C=O) groups is 4. The molecule has 8 bridgehead atoms. The Bertz CT molecular complexity index is 5230. The number of nitrogens with zero attached hydrogens (tertiary/aromatic N) is 17. The first-order chi connectivity index (χ1) is 55.4. The second kappa shape index (κ2) is 33.1. The van der Waals surface area contributed by atoms with Crippen LogP contribution in [-0.4, -0.2) is 189 Å². The molecule has 584 valence electrons. The number of piperidine rings is 4. The first-order valence-electron chi connectivity index (χ1n) is 38.8. The molecular formula is C86H87F2N17O9. The van der Waals surface area contributed by atoms with Crippen molar-refractivity contribution in [2.24, 2.45) is 23.7 Å². The van der Waals surface area contributed by atoms with E-state index in [9.17, 15) is 28.0 Å². The molecule has 4 amide bonds. The molecule has 114 heavy (non-hydrogen) atoms. The zero-order chi connectivity index (χ0) is 78.7. The van der Waals surface area contributed by atoms with Crippen LogP contribution in [-0.2, 0) is 0 Å². The lowest BCUT2D eigenvalue weighted by molar-refractivity contribution is 0.0456. The van der Waals surface area contributed by atoms with E-state index in [-0.39, 0.29) is 89.0 Å². The van der Waals surface area contributed by atoms with Gasteiger partial charge >= 0.3 is 0 Å². The number of likely N-dealkylation sites (tertiary alicyclic amines) is 4. The highest BCUT2D eigenvalue weighted by molar-refractivity contribution is 6.01. The summed E-state index contributed by atoms with van der Waals surface area (Å²) in [4.78, 5) is 93.7. The van der Waals surface area contributed by atoms with Crippen molar-refractivity contribution < 1.29 is 51.6 Å². The average Bonchev–Trinajstić information content (AvgIpc) is 1.61. The van der Waals surface area contributed by atoms with Gasteiger partial charge in [0.2, 0.25) is 23.5 Å². The molecular weight excluding hydrogens is 1450 g/mol. The van der Waals surface area contributed by atoms with Crippen molar-refractivity contribution in [3.63, 3.8) is 0 Å². The molecule has 8 fully saturated rings. The van der Waals surface area contributed by atoms with Crippen LogP contribution in [0.15, 0.2) is 189 Å². The summed E-state index contributed by atoms with van der Waals surface area (Å²) in [5, 5.41) is 16.4. The van der Waals surface area contributed by atoms with Gasteiger partial charge in [-0.2, -0.15) is 25.2 Å². The lowest BCUT2D eigenvalue weighted by Gasteiger charge is -2.33. The van der Waals surface area contributed by atoms with Crippen molar-refractivity contribution in [2.75, 3.05) is 32.8 Å². The van der Waals surface area contributed by atoms with E-state index in [0.29, 0.717) is 101 Å². The Morgan fingerprint density at radius 1 is 0.404 bits per heavy atom. The van der Waals surface area contributed by atoms with Gasteiger partial charge in [0.05, 0.1) is 77.9 Å². The molecule has 4 aliphatic heterocycles. The number of para-hydroxylation sites is 2. The van der Waals surface area contributed by atoms with Crippen LogP contribution in [0.1, 0.15) is 128 Å². The van der Waals surface area contributed by atoms with Crippen molar-refractivity contribution in [1.29, 1.82) is 0 Å². The van der Waals surface area contributed by atoms with Crippen molar-refractivity contribution in [3.05, 3.63) is 251 Å². The van der Waals surface area contributed by atoms with E-state index in [1.807, 2.05) is 136 Å². The number of aromatic nitrogens is 13. The number of halogens is 2. The SMILES string of the molecule is CCOc1ccc(C)nc1C(=O)N1CC2CC(Oc3ccc(C)cn3)C1C2.Cc1ccc(OC2CC3CC2N(C(=O)c2c(F)cccc2-c2ncccn2)C3)nc1.Cc1ccc(OC2CC3CC2N(C(=O)c2cccc(F)c2-n2nccn2)C3)nc1.Cc1ccc(OC2CC3CC2N(C(=O)c2ccccc2-n2nccn2)C3)nc1. The molecule has 12 unspecified atom stereocenters. The van der Waals surface area contributed by atoms with Crippen molar-refractivity contribution >= 4 is 23.6 Å². The Kier molecular flexibility index (Phi) is 21.9. The summed E-state index contributed by atoms with van der Waals surface area (Å²) in [7, 11) is 0. The molecule has 8 aliphatic rings.